The Morgan fingerprint density at radius 2 is 2.29 bits per heavy atom. The molecule has 1 fully saturated rings. The van der Waals surface area contributed by atoms with Gasteiger partial charge in [-0.2, -0.15) is 11.8 Å². The molecule has 0 aromatic carbocycles. The van der Waals surface area contributed by atoms with Gasteiger partial charge in [0.1, 0.15) is 6.04 Å². The maximum atomic E-state index is 12.3. The lowest BCUT2D eigenvalue weighted by molar-refractivity contribution is -0.126. The van der Waals surface area contributed by atoms with Gasteiger partial charge in [0.05, 0.1) is 5.69 Å². The molecule has 0 spiro atoms. The molecule has 1 atom stereocenters. The van der Waals surface area contributed by atoms with Crippen molar-refractivity contribution in [2.45, 2.75) is 44.6 Å². The molecule has 0 saturated heterocycles. The van der Waals surface area contributed by atoms with Crippen molar-refractivity contribution >= 4 is 40.0 Å². The SMILES string of the molecule is CCC(=O)N[C@@H](CCSC)C(=O)Nc1nc(C2CC2)cs1. The molecule has 1 heterocycles. The first-order chi connectivity index (χ1) is 10.1. The number of hydrogen-bond donors (Lipinski definition) is 2. The molecule has 7 heteroatoms. The summed E-state index contributed by atoms with van der Waals surface area (Å²) in [5.41, 5.74) is 1.08. The number of carbonyl (C=O) groups is 2. The molecule has 0 aliphatic heterocycles. The molecular formula is C14H21N3O2S2. The molecule has 21 heavy (non-hydrogen) atoms. The van der Waals surface area contributed by atoms with Crippen LogP contribution in [0.2, 0.25) is 0 Å². The van der Waals surface area contributed by atoms with Crippen LogP contribution in [-0.4, -0.2) is 34.8 Å². The second-order valence-corrected chi connectivity index (χ2v) is 6.94. The van der Waals surface area contributed by atoms with Crippen molar-refractivity contribution < 1.29 is 9.59 Å². The zero-order valence-corrected chi connectivity index (χ0v) is 14.0. The van der Waals surface area contributed by atoms with Gasteiger partial charge in [-0.15, -0.1) is 11.3 Å². The van der Waals surface area contributed by atoms with Crippen LogP contribution in [0.4, 0.5) is 5.13 Å². The summed E-state index contributed by atoms with van der Waals surface area (Å²) in [7, 11) is 0. The number of rotatable bonds is 8. The topological polar surface area (TPSA) is 71.1 Å². The fraction of sp³-hybridized carbons (Fsp3) is 0.643. The second-order valence-electron chi connectivity index (χ2n) is 5.10. The number of nitrogens with zero attached hydrogens (tertiary/aromatic N) is 1. The summed E-state index contributed by atoms with van der Waals surface area (Å²) in [5, 5.41) is 8.24. The van der Waals surface area contributed by atoms with Gasteiger partial charge in [0.25, 0.3) is 0 Å². The number of hydrogen-bond acceptors (Lipinski definition) is 5. The minimum atomic E-state index is -0.488. The van der Waals surface area contributed by atoms with Crippen LogP contribution in [-0.2, 0) is 9.59 Å². The maximum Gasteiger partial charge on any atom is 0.248 e. The smallest absolute Gasteiger partial charge is 0.248 e. The molecular weight excluding hydrogens is 306 g/mol. The Bertz CT molecular complexity index is 500. The van der Waals surface area contributed by atoms with Crippen LogP contribution in [0, 0.1) is 0 Å². The Morgan fingerprint density at radius 3 is 2.90 bits per heavy atom. The van der Waals surface area contributed by atoms with Crippen LogP contribution in [0.15, 0.2) is 5.38 Å². The largest absolute Gasteiger partial charge is 0.344 e. The van der Waals surface area contributed by atoms with Crippen molar-refractivity contribution in [2.24, 2.45) is 0 Å². The van der Waals surface area contributed by atoms with Gasteiger partial charge in [-0.1, -0.05) is 6.92 Å². The number of thiazole rings is 1. The predicted octanol–water partition coefficient (Wildman–Crippen LogP) is 2.61. The van der Waals surface area contributed by atoms with Crippen molar-refractivity contribution in [3.8, 4) is 0 Å². The Labute approximate surface area is 133 Å². The van der Waals surface area contributed by atoms with Crippen molar-refractivity contribution in [3.63, 3.8) is 0 Å². The number of aromatic nitrogens is 1. The van der Waals surface area contributed by atoms with Crippen LogP contribution < -0.4 is 10.6 Å². The first-order valence-corrected chi connectivity index (χ1v) is 9.46. The molecule has 1 aromatic heterocycles. The molecule has 2 rings (SSSR count). The Hall–Kier alpha value is -1.08. The van der Waals surface area contributed by atoms with Crippen molar-refractivity contribution in [3.05, 3.63) is 11.1 Å². The Morgan fingerprint density at radius 1 is 1.52 bits per heavy atom. The van der Waals surface area contributed by atoms with E-state index >= 15 is 0 Å². The monoisotopic (exact) mass is 327 g/mol. The summed E-state index contributed by atoms with van der Waals surface area (Å²) in [6.07, 6.45) is 5.38. The minimum absolute atomic E-state index is 0.103. The maximum absolute atomic E-state index is 12.3. The van der Waals surface area contributed by atoms with E-state index in [1.54, 1.807) is 18.7 Å². The predicted molar refractivity (Wildman–Crippen MR) is 87.9 cm³/mol. The average Bonchev–Trinajstić information content (AvgIpc) is 3.23. The summed E-state index contributed by atoms with van der Waals surface area (Å²) in [4.78, 5) is 28.3. The van der Waals surface area contributed by atoms with E-state index < -0.39 is 6.04 Å². The van der Waals surface area contributed by atoms with Gasteiger partial charge in [-0.25, -0.2) is 4.98 Å². The third-order valence-corrected chi connectivity index (χ3v) is 4.75. The van der Waals surface area contributed by atoms with Gasteiger partial charge in [-0.3, -0.25) is 9.59 Å². The van der Waals surface area contributed by atoms with Crippen molar-refractivity contribution in [1.29, 1.82) is 0 Å². The molecule has 2 amide bonds. The number of anilines is 1. The van der Waals surface area contributed by atoms with E-state index in [2.05, 4.69) is 15.6 Å². The van der Waals surface area contributed by atoms with Crippen LogP contribution >= 0.6 is 23.1 Å². The molecule has 2 N–H and O–H groups in total. The van der Waals surface area contributed by atoms with Gasteiger partial charge in [0, 0.05) is 17.7 Å². The van der Waals surface area contributed by atoms with E-state index in [4.69, 9.17) is 0 Å². The van der Waals surface area contributed by atoms with Gasteiger partial charge in [0.15, 0.2) is 5.13 Å². The number of carbonyl (C=O) groups excluding carboxylic acids is 2. The first kappa shape index (κ1) is 16.3. The summed E-state index contributed by atoms with van der Waals surface area (Å²) in [6, 6.07) is -0.488. The molecule has 116 valence electrons. The number of thioether (sulfide) groups is 1. The fourth-order valence-corrected chi connectivity index (χ4v) is 3.17. The van der Waals surface area contributed by atoms with Crippen molar-refractivity contribution in [2.75, 3.05) is 17.3 Å². The number of nitrogens with one attached hydrogen (secondary N) is 2. The summed E-state index contributed by atoms with van der Waals surface area (Å²) in [5.74, 6) is 1.13. The highest BCUT2D eigenvalue weighted by Gasteiger charge is 2.27. The molecule has 0 unspecified atom stereocenters. The fourth-order valence-electron chi connectivity index (χ4n) is 1.90. The second kappa shape index (κ2) is 7.79. The van der Waals surface area contributed by atoms with E-state index in [-0.39, 0.29) is 11.8 Å². The van der Waals surface area contributed by atoms with Crippen molar-refractivity contribution in [1.82, 2.24) is 10.3 Å². The van der Waals surface area contributed by atoms with E-state index in [0.29, 0.717) is 23.9 Å². The van der Waals surface area contributed by atoms with Crippen LogP contribution in [0.5, 0.6) is 0 Å². The molecule has 0 radical (unpaired) electrons. The third-order valence-electron chi connectivity index (χ3n) is 3.33. The van der Waals surface area contributed by atoms with Gasteiger partial charge >= 0.3 is 0 Å². The van der Waals surface area contributed by atoms with Gasteiger partial charge < -0.3 is 10.6 Å². The van der Waals surface area contributed by atoms with Crippen LogP contribution in [0.25, 0.3) is 0 Å². The van der Waals surface area contributed by atoms with Gasteiger partial charge in [0.2, 0.25) is 11.8 Å². The standard InChI is InChI=1S/C14H21N3O2S2/c1-3-12(18)15-10(6-7-20-2)13(19)17-14-16-11(8-21-14)9-4-5-9/h8-10H,3-7H2,1-2H3,(H,15,18)(H,16,17,19)/t10-/m0/s1. The molecule has 1 saturated carbocycles. The third kappa shape index (κ3) is 5.00. The van der Waals surface area contributed by atoms with E-state index in [9.17, 15) is 9.59 Å². The Balaban J connectivity index is 1.93. The summed E-state index contributed by atoms with van der Waals surface area (Å²) in [6.45, 7) is 1.78. The zero-order valence-electron chi connectivity index (χ0n) is 12.3. The highest BCUT2D eigenvalue weighted by molar-refractivity contribution is 7.98. The zero-order chi connectivity index (χ0) is 15.2. The lowest BCUT2D eigenvalue weighted by Crippen LogP contribution is -2.43. The highest BCUT2D eigenvalue weighted by Crippen LogP contribution is 2.40. The summed E-state index contributed by atoms with van der Waals surface area (Å²) < 4.78 is 0. The van der Waals surface area contributed by atoms with Crippen LogP contribution in [0.1, 0.15) is 44.2 Å². The first-order valence-electron chi connectivity index (χ1n) is 7.18. The van der Waals surface area contributed by atoms with E-state index in [0.717, 1.165) is 11.4 Å². The average molecular weight is 327 g/mol. The molecule has 1 aliphatic carbocycles. The Kier molecular flexibility index (Phi) is 6.05. The van der Waals surface area contributed by atoms with Crippen LogP contribution in [0.3, 0.4) is 0 Å². The molecule has 1 aromatic rings. The normalized spacial score (nSPS) is 15.5. The van der Waals surface area contributed by atoms with E-state index in [1.165, 1.54) is 24.2 Å². The quantitative estimate of drug-likeness (QED) is 0.770. The molecule has 0 bridgehead atoms. The van der Waals surface area contributed by atoms with Gasteiger partial charge in [-0.05, 0) is 31.3 Å². The lowest BCUT2D eigenvalue weighted by atomic mass is 10.2. The lowest BCUT2D eigenvalue weighted by Gasteiger charge is -2.16. The summed E-state index contributed by atoms with van der Waals surface area (Å²) >= 11 is 3.11. The number of amides is 2. The highest BCUT2D eigenvalue weighted by atomic mass is 32.2. The molecule has 1 aliphatic rings. The van der Waals surface area contributed by atoms with E-state index in [1.807, 2.05) is 11.6 Å². The minimum Gasteiger partial charge on any atom is -0.344 e. The molecule has 5 nitrogen and oxygen atoms in total.